The highest BCUT2D eigenvalue weighted by Gasteiger charge is 2.61. The van der Waals surface area contributed by atoms with E-state index < -0.39 is 17.7 Å². The molecule has 2 aliphatic rings. The van der Waals surface area contributed by atoms with Gasteiger partial charge in [0.05, 0.1) is 13.2 Å². The molecule has 2 aliphatic heterocycles. The summed E-state index contributed by atoms with van der Waals surface area (Å²) in [5, 5.41) is 9.85. The molecule has 0 spiro atoms. The van der Waals surface area contributed by atoms with Gasteiger partial charge in [0.15, 0.2) is 12.1 Å². The number of hydrogen-bond donors (Lipinski definition) is 1. The third-order valence-corrected chi connectivity index (χ3v) is 4.39. The number of hydrogen-bond acceptors (Lipinski definition) is 5. The highest BCUT2D eigenvalue weighted by molar-refractivity contribution is 5.14. The zero-order valence-corrected chi connectivity index (χ0v) is 13.3. The maximum absolute atomic E-state index is 9.85. The monoisotopic (exact) mass is 308 g/mol. The highest BCUT2D eigenvalue weighted by Crippen LogP contribution is 2.45. The number of aliphatic hydroxyl groups excluding tert-OH is 1. The Bertz CT molecular complexity index is 497. The summed E-state index contributed by atoms with van der Waals surface area (Å²) >= 11 is 0. The Morgan fingerprint density at radius 3 is 2.50 bits per heavy atom. The van der Waals surface area contributed by atoms with E-state index >= 15 is 0 Å². The molecule has 0 aliphatic carbocycles. The Morgan fingerprint density at radius 1 is 1.14 bits per heavy atom. The van der Waals surface area contributed by atoms with Gasteiger partial charge in [-0.15, -0.1) is 0 Å². The molecule has 122 valence electrons. The summed E-state index contributed by atoms with van der Waals surface area (Å²) < 4.78 is 23.8. The second-order valence-corrected chi connectivity index (χ2v) is 6.38. The first-order chi connectivity index (χ1) is 10.5. The summed E-state index contributed by atoms with van der Waals surface area (Å²) in [4.78, 5) is 0. The number of fused-ring (bicyclic) bond motifs is 1. The van der Waals surface area contributed by atoms with Gasteiger partial charge in [0.25, 0.3) is 0 Å². The molecule has 2 heterocycles. The van der Waals surface area contributed by atoms with Crippen molar-refractivity contribution in [1.29, 1.82) is 0 Å². The van der Waals surface area contributed by atoms with Crippen LogP contribution >= 0.6 is 0 Å². The zero-order chi connectivity index (χ0) is 15.8. The number of benzene rings is 1. The fraction of sp³-hybridized carbons (Fsp3) is 0.647. The van der Waals surface area contributed by atoms with Gasteiger partial charge in [0.1, 0.15) is 17.8 Å². The van der Waals surface area contributed by atoms with Crippen molar-refractivity contribution in [2.45, 2.75) is 63.7 Å². The van der Waals surface area contributed by atoms with E-state index in [0.717, 1.165) is 5.56 Å². The summed E-state index contributed by atoms with van der Waals surface area (Å²) in [5.74, 6) is -0.695. The molecular formula is C17H24O5. The van der Waals surface area contributed by atoms with Gasteiger partial charge < -0.3 is 24.1 Å². The fourth-order valence-electron chi connectivity index (χ4n) is 3.18. The molecule has 0 saturated carbocycles. The lowest BCUT2D eigenvalue weighted by atomic mass is 9.93. The summed E-state index contributed by atoms with van der Waals surface area (Å²) in [6, 6.07) is 9.94. The van der Waals surface area contributed by atoms with Gasteiger partial charge in [-0.2, -0.15) is 0 Å². The minimum Gasteiger partial charge on any atom is -0.393 e. The quantitative estimate of drug-likeness (QED) is 0.904. The van der Waals surface area contributed by atoms with Crippen molar-refractivity contribution >= 4 is 0 Å². The average Bonchev–Trinajstić information content (AvgIpc) is 2.95. The van der Waals surface area contributed by atoms with Gasteiger partial charge in [0, 0.05) is 0 Å². The normalized spacial score (nSPS) is 36.5. The van der Waals surface area contributed by atoms with Crippen LogP contribution in [0.1, 0.15) is 32.8 Å². The summed E-state index contributed by atoms with van der Waals surface area (Å²) in [6.07, 6.45) is -0.563. The molecule has 0 radical (unpaired) electrons. The molecule has 3 rings (SSSR count). The molecule has 1 aromatic rings. The second-order valence-electron chi connectivity index (χ2n) is 6.38. The molecule has 1 aromatic carbocycles. The van der Waals surface area contributed by atoms with Gasteiger partial charge in [-0.3, -0.25) is 0 Å². The van der Waals surface area contributed by atoms with Crippen LogP contribution in [-0.2, 0) is 25.6 Å². The van der Waals surface area contributed by atoms with E-state index in [-0.39, 0.29) is 18.8 Å². The van der Waals surface area contributed by atoms with Crippen LogP contribution < -0.4 is 0 Å². The van der Waals surface area contributed by atoms with E-state index in [4.69, 9.17) is 18.9 Å². The lowest BCUT2D eigenvalue weighted by Crippen LogP contribution is -2.49. The van der Waals surface area contributed by atoms with Crippen molar-refractivity contribution in [2.24, 2.45) is 0 Å². The van der Waals surface area contributed by atoms with Crippen LogP contribution in [0, 0.1) is 0 Å². The second kappa shape index (κ2) is 5.91. The highest BCUT2D eigenvalue weighted by atomic mass is 16.8. The molecule has 0 amide bonds. The average molecular weight is 308 g/mol. The van der Waals surface area contributed by atoms with E-state index in [9.17, 15) is 5.11 Å². The van der Waals surface area contributed by atoms with Crippen molar-refractivity contribution in [2.75, 3.05) is 6.61 Å². The largest absolute Gasteiger partial charge is 0.393 e. The smallest absolute Gasteiger partial charge is 0.190 e. The van der Waals surface area contributed by atoms with Gasteiger partial charge in [-0.25, -0.2) is 0 Å². The van der Waals surface area contributed by atoms with Crippen molar-refractivity contribution in [3.05, 3.63) is 35.9 Å². The molecule has 0 bridgehead atoms. The van der Waals surface area contributed by atoms with Gasteiger partial charge in [0.2, 0.25) is 0 Å². The summed E-state index contributed by atoms with van der Waals surface area (Å²) in [7, 11) is 0. The Hall–Kier alpha value is -0.980. The third-order valence-electron chi connectivity index (χ3n) is 4.39. The molecule has 1 N–H and O–H groups in total. The predicted molar refractivity (Wildman–Crippen MR) is 80.0 cm³/mol. The number of ether oxygens (including phenoxy) is 4. The summed E-state index contributed by atoms with van der Waals surface area (Å²) in [5.41, 5.74) is 0.299. The lowest BCUT2D eigenvalue weighted by Gasteiger charge is -2.34. The van der Waals surface area contributed by atoms with Gasteiger partial charge in [-0.1, -0.05) is 37.3 Å². The van der Waals surface area contributed by atoms with E-state index in [0.29, 0.717) is 13.0 Å². The van der Waals surface area contributed by atoms with Crippen LogP contribution in [0.5, 0.6) is 0 Å². The van der Waals surface area contributed by atoms with Gasteiger partial charge in [-0.05, 0) is 25.8 Å². The fourth-order valence-corrected chi connectivity index (χ4v) is 3.18. The lowest BCUT2D eigenvalue weighted by molar-refractivity contribution is -0.252. The van der Waals surface area contributed by atoms with Crippen molar-refractivity contribution in [3.8, 4) is 0 Å². The molecule has 2 fully saturated rings. The van der Waals surface area contributed by atoms with Crippen molar-refractivity contribution in [3.63, 3.8) is 0 Å². The SMILES string of the molecule is CC[C@@]1(CO)O[C@@H]2OC(C)(C)O[C@H]2C1OCc1ccccc1. The van der Waals surface area contributed by atoms with Crippen LogP contribution in [0.2, 0.25) is 0 Å². The standard InChI is InChI=1S/C17H24O5/c1-4-17(11-18)14(19-10-12-8-6-5-7-9-12)13-15(22-17)21-16(2,3)20-13/h5-9,13-15,18H,4,10-11H2,1-3H3/t13-,14?,15-,17-/m0/s1. The molecule has 5 nitrogen and oxygen atoms in total. The molecule has 22 heavy (non-hydrogen) atoms. The van der Waals surface area contributed by atoms with E-state index in [1.165, 1.54) is 0 Å². The molecule has 1 unspecified atom stereocenters. The molecule has 0 aromatic heterocycles. The van der Waals surface area contributed by atoms with Crippen LogP contribution in [0.25, 0.3) is 0 Å². The number of rotatable bonds is 5. The third kappa shape index (κ3) is 2.79. The van der Waals surface area contributed by atoms with E-state index in [2.05, 4.69) is 0 Å². The first kappa shape index (κ1) is 15.9. The number of aliphatic hydroxyl groups is 1. The Labute approximate surface area is 131 Å². The van der Waals surface area contributed by atoms with Crippen LogP contribution in [0.3, 0.4) is 0 Å². The predicted octanol–water partition coefficient (Wildman–Crippen LogP) is 2.22. The van der Waals surface area contributed by atoms with Crippen LogP contribution in [0.4, 0.5) is 0 Å². The Morgan fingerprint density at radius 2 is 1.86 bits per heavy atom. The Balaban J connectivity index is 1.77. The van der Waals surface area contributed by atoms with Crippen molar-refractivity contribution in [1.82, 2.24) is 0 Å². The van der Waals surface area contributed by atoms with E-state index in [1.54, 1.807) is 0 Å². The van der Waals surface area contributed by atoms with Crippen LogP contribution in [0.15, 0.2) is 30.3 Å². The summed E-state index contributed by atoms with van der Waals surface area (Å²) in [6.45, 7) is 6.01. The zero-order valence-electron chi connectivity index (χ0n) is 13.3. The molecular weight excluding hydrogens is 284 g/mol. The van der Waals surface area contributed by atoms with Gasteiger partial charge >= 0.3 is 0 Å². The topological polar surface area (TPSA) is 57.2 Å². The minimum absolute atomic E-state index is 0.122. The Kier molecular flexibility index (Phi) is 4.27. The maximum Gasteiger partial charge on any atom is 0.190 e. The minimum atomic E-state index is -0.777. The molecule has 4 atom stereocenters. The first-order valence-electron chi connectivity index (χ1n) is 7.79. The molecule has 5 heteroatoms. The van der Waals surface area contributed by atoms with Crippen molar-refractivity contribution < 1.29 is 24.1 Å². The van der Waals surface area contributed by atoms with Crippen LogP contribution in [-0.4, -0.2) is 41.6 Å². The maximum atomic E-state index is 9.85. The van der Waals surface area contributed by atoms with E-state index in [1.807, 2.05) is 51.1 Å². The molecule has 2 saturated heterocycles. The first-order valence-corrected chi connectivity index (χ1v) is 7.79.